The van der Waals surface area contributed by atoms with Crippen LogP contribution in [-0.4, -0.2) is 147 Å². The molecule has 9 N–H and O–H groups in total. The molecule has 1 aromatic carbocycles. The number of halogens is 3. The molecule has 43 heavy (non-hydrogen) atoms. The molecule has 19 heteroatoms. The Kier molecular flexibility index (Phi) is 10.4. The highest BCUT2D eigenvalue weighted by atomic mass is 19.4. The van der Waals surface area contributed by atoms with E-state index in [1.54, 1.807) is 0 Å². The topological polar surface area (TPSA) is 253 Å². The first-order valence-electron chi connectivity index (χ1n) is 13.0. The van der Waals surface area contributed by atoms with Crippen LogP contribution in [0.1, 0.15) is 15.9 Å². The van der Waals surface area contributed by atoms with Gasteiger partial charge in [-0.25, -0.2) is 0 Å². The van der Waals surface area contributed by atoms with Gasteiger partial charge in [0, 0.05) is 11.1 Å². The van der Waals surface area contributed by atoms with Gasteiger partial charge in [0.2, 0.25) is 0 Å². The summed E-state index contributed by atoms with van der Waals surface area (Å²) in [7, 11) is 0. The predicted octanol–water partition coefficient (Wildman–Crippen LogP) is -3.40. The van der Waals surface area contributed by atoms with Crippen LogP contribution in [-0.2, 0) is 24.6 Å². The third kappa shape index (κ3) is 6.97. The first-order chi connectivity index (χ1) is 20.2. The molecule has 1 aromatic rings. The first kappa shape index (κ1) is 33.5. The van der Waals surface area contributed by atoms with E-state index in [1.165, 1.54) is 0 Å². The lowest BCUT2D eigenvalue weighted by atomic mass is 9.99. The van der Waals surface area contributed by atoms with Crippen LogP contribution in [0.3, 0.4) is 0 Å². The zero-order valence-electron chi connectivity index (χ0n) is 22.1. The molecule has 1 amide bonds. The van der Waals surface area contributed by atoms with E-state index >= 15 is 0 Å². The summed E-state index contributed by atoms with van der Waals surface area (Å²) in [6.45, 7) is -2.54. The lowest BCUT2D eigenvalue weighted by Crippen LogP contribution is -2.61. The van der Waals surface area contributed by atoms with E-state index in [-0.39, 0.29) is 11.1 Å². The molecule has 1 unspecified atom stereocenters. The SMILES string of the molecule is O=C(NC(CO[C@H]1[C@H](O)[C@H](O)[C@H](O)O[C@H]1CO)CO[C@H]1[C@@H](O)[C@@H](O)[C@H](O)O[C@H]1CO)c1ccc(C2(C(F)(F)F)N=N2)cc1. The van der Waals surface area contributed by atoms with Crippen LogP contribution < -0.4 is 5.32 Å². The molecule has 4 rings (SSSR count). The highest BCUT2D eigenvalue weighted by Crippen LogP contribution is 2.52. The number of carbonyl (C=O) groups excluding carboxylic acids is 1. The molecule has 0 radical (unpaired) electrons. The second kappa shape index (κ2) is 13.3. The summed E-state index contributed by atoms with van der Waals surface area (Å²) in [6, 6.07) is 3.04. The molecule has 0 aromatic heterocycles. The van der Waals surface area contributed by atoms with E-state index in [1.807, 2.05) is 0 Å². The van der Waals surface area contributed by atoms with Gasteiger partial charge >= 0.3 is 11.8 Å². The van der Waals surface area contributed by atoms with Crippen molar-refractivity contribution in [2.45, 2.75) is 79.3 Å². The second-order valence-electron chi connectivity index (χ2n) is 10.2. The maximum atomic E-state index is 13.3. The highest BCUT2D eigenvalue weighted by molar-refractivity contribution is 5.94. The number of benzene rings is 1. The average molecular weight is 628 g/mol. The molecule has 0 bridgehead atoms. The van der Waals surface area contributed by atoms with Crippen LogP contribution in [0.5, 0.6) is 0 Å². The number of carbonyl (C=O) groups is 1. The van der Waals surface area contributed by atoms with Crippen LogP contribution in [0.2, 0.25) is 0 Å². The van der Waals surface area contributed by atoms with Crippen LogP contribution in [0.25, 0.3) is 0 Å². The highest BCUT2D eigenvalue weighted by Gasteiger charge is 2.65. The van der Waals surface area contributed by atoms with E-state index in [9.17, 15) is 58.8 Å². The average Bonchev–Trinajstić information content (AvgIpc) is 3.80. The number of amides is 1. The molecule has 16 nitrogen and oxygen atoms in total. The summed E-state index contributed by atoms with van der Waals surface area (Å²) in [5.41, 5.74) is -3.11. The molecule has 3 aliphatic heterocycles. The van der Waals surface area contributed by atoms with Crippen molar-refractivity contribution in [1.29, 1.82) is 0 Å². The van der Waals surface area contributed by atoms with Crippen molar-refractivity contribution in [3.63, 3.8) is 0 Å². The smallest absolute Gasteiger partial charge is 0.394 e. The third-order valence-corrected chi connectivity index (χ3v) is 7.24. The molecule has 0 aliphatic carbocycles. The van der Waals surface area contributed by atoms with Gasteiger partial charge in [0.1, 0.15) is 48.8 Å². The summed E-state index contributed by atoms with van der Waals surface area (Å²) in [4.78, 5) is 13.0. The molecular formula is C24H32F3N3O13. The maximum Gasteiger partial charge on any atom is 0.442 e. The fraction of sp³-hybridized carbons (Fsp3) is 0.708. The summed E-state index contributed by atoms with van der Waals surface area (Å²) in [5.74, 6) is -0.835. The Morgan fingerprint density at radius 2 is 1.28 bits per heavy atom. The van der Waals surface area contributed by atoms with Crippen LogP contribution in [0.15, 0.2) is 34.5 Å². The van der Waals surface area contributed by atoms with E-state index < -0.39 is 112 Å². The van der Waals surface area contributed by atoms with Crippen molar-refractivity contribution in [3.8, 4) is 0 Å². The number of hydrogen-bond donors (Lipinski definition) is 9. The zero-order chi connectivity index (χ0) is 31.7. The van der Waals surface area contributed by atoms with Gasteiger partial charge in [0.25, 0.3) is 5.91 Å². The van der Waals surface area contributed by atoms with E-state index in [0.29, 0.717) is 0 Å². The van der Waals surface area contributed by atoms with Crippen LogP contribution in [0, 0.1) is 0 Å². The van der Waals surface area contributed by atoms with Crippen molar-refractivity contribution in [2.24, 2.45) is 10.2 Å². The first-order valence-corrected chi connectivity index (χ1v) is 13.0. The van der Waals surface area contributed by atoms with E-state index in [0.717, 1.165) is 24.3 Å². The standard InChI is InChI=1S/C24H32F3N3O13/c25-24(26,27)23(29-30-23)10-3-1-9(2-4-10)20(37)28-11(7-40-18-12(5-31)42-21(38)16(35)14(18)33)8-41-19-13(6-32)43-22(39)17(36)15(19)34/h1-4,11-19,21-22,31-36,38-39H,5-8H2,(H,28,37)/t11?,12-,13-,14-,15+,16+,17-,18+,19+,21+,22+/m0/s1. The molecule has 0 saturated carbocycles. The van der Waals surface area contributed by atoms with Gasteiger partial charge in [-0.2, -0.15) is 13.2 Å². The summed E-state index contributed by atoms with van der Waals surface area (Å²) in [5, 5.41) is 87.9. The molecule has 3 aliphatic rings. The summed E-state index contributed by atoms with van der Waals surface area (Å²) >= 11 is 0. The molecule has 2 saturated heterocycles. The van der Waals surface area contributed by atoms with Crippen LogP contribution in [0.4, 0.5) is 13.2 Å². The van der Waals surface area contributed by atoms with E-state index in [2.05, 4.69) is 15.5 Å². The third-order valence-electron chi connectivity index (χ3n) is 7.24. The largest absolute Gasteiger partial charge is 0.442 e. The number of rotatable bonds is 11. The van der Waals surface area contributed by atoms with E-state index in [4.69, 9.17) is 18.9 Å². The zero-order valence-corrected chi connectivity index (χ0v) is 22.1. The van der Waals surface area contributed by atoms with Gasteiger partial charge in [-0.3, -0.25) is 4.79 Å². The van der Waals surface area contributed by atoms with Gasteiger partial charge in [0.15, 0.2) is 12.6 Å². The number of alkyl halides is 3. The Morgan fingerprint density at radius 3 is 1.65 bits per heavy atom. The minimum Gasteiger partial charge on any atom is -0.394 e. The monoisotopic (exact) mass is 627 g/mol. The van der Waals surface area contributed by atoms with Crippen molar-refractivity contribution in [2.75, 3.05) is 26.4 Å². The fourth-order valence-electron chi connectivity index (χ4n) is 4.70. The number of hydrogen-bond acceptors (Lipinski definition) is 15. The van der Waals surface area contributed by atoms with Crippen molar-refractivity contribution < 1.29 is 77.8 Å². The molecule has 11 atom stereocenters. The van der Waals surface area contributed by atoms with Gasteiger partial charge in [-0.05, 0) is 12.1 Å². The molecule has 0 spiro atoms. The lowest BCUT2D eigenvalue weighted by Gasteiger charge is -2.41. The minimum atomic E-state index is -4.77. The number of aliphatic hydroxyl groups is 8. The van der Waals surface area contributed by atoms with Crippen molar-refractivity contribution >= 4 is 5.91 Å². The predicted molar refractivity (Wildman–Crippen MR) is 130 cm³/mol. The van der Waals surface area contributed by atoms with Gasteiger partial charge < -0.3 is 65.1 Å². The Hall–Kier alpha value is -2.40. The Bertz CT molecular complexity index is 1080. The molecule has 242 valence electrons. The molecule has 3 heterocycles. The number of ether oxygens (including phenoxy) is 4. The van der Waals surface area contributed by atoms with Crippen LogP contribution >= 0.6 is 0 Å². The second-order valence-corrected chi connectivity index (χ2v) is 10.2. The summed E-state index contributed by atoms with van der Waals surface area (Å²) in [6.07, 6.45) is -21.0. The van der Waals surface area contributed by atoms with Crippen molar-refractivity contribution in [1.82, 2.24) is 5.32 Å². The van der Waals surface area contributed by atoms with Gasteiger partial charge in [0.05, 0.1) is 32.5 Å². The number of nitrogens with one attached hydrogen (secondary N) is 1. The normalized spacial score (nSPS) is 36.3. The lowest BCUT2D eigenvalue weighted by molar-refractivity contribution is -0.299. The maximum absolute atomic E-state index is 13.3. The Balaban J connectivity index is 1.48. The van der Waals surface area contributed by atoms with Crippen molar-refractivity contribution in [3.05, 3.63) is 35.4 Å². The fourth-order valence-corrected chi connectivity index (χ4v) is 4.70. The molecule has 2 fully saturated rings. The van der Waals surface area contributed by atoms with Gasteiger partial charge in [-0.1, -0.05) is 12.1 Å². The Labute approximate surface area is 240 Å². The van der Waals surface area contributed by atoms with Gasteiger partial charge in [-0.15, -0.1) is 10.2 Å². The minimum absolute atomic E-state index is 0.104. The molecular weight excluding hydrogens is 595 g/mol. The quantitative estimate of drug-likeness (QED) is 0.116. The summed E-state index contributed by atoms with van der Waals surface area (Å²) < 4.78 is 61.2. The number of nitrogens with zero attached hydrogens (tertiary/aromatic N) is 2. The Morgan fingerprint density at radius 1 is 0.837 bits per heavy atom. The number of aliphatic hydroxyl groups excluding tert-OH is 8.